The van der Waals surface area contributed by atoms with Crippen molar-refractivity contribution < 1.29 is 13.2 Å². The first-order valence-electron chi connectivity index (χ1n) is 5.39. The predicted molar refractivity (Wildman–Crippen MR) is 58.4 cm³/mol. The van der Waals surface area contributed by atoms with Crippen molar-refractivity contribution in [1.29, 1.82) is 0 Å². The van der Waals surface area contributed by atoms with Gasteiger partial charge >= 0.3 is 6.18 Å². The molecule has 1 aromatic heterocycles. The van der Waals surface area contributed by atoms with Gasteiger partial charge in [0.1, 0.15) is 0 Å². The fourth-order valence-corrected chi connectivity index (χ4v) is 2.19. The molecule has 0 bridgehead atoms. The number of hydrogen-bond donors (Lipinski definition) is 2. The number of fused-ring (bicyclic) bond motifs is 1. The summed E-state index contributed by atoms with van der Waals surface area (Å²) in [5.74, 6) is 0. The van der Waals surface area contributed by atoms with Gasteiger partial charge in [0.05, 0.1) is 11.1 Å². The van der Waals surface area contributed by atoms with Crippen LogP contribution in [0.1, 0.15) is 24.1 Å². The van der Waals surface area contributed by atoms with Crippen molar-refractivity contribution >= 4 is 10.9 Å². The summed E-state index contributed by atoms with van der Waals surface area (Å²) in [6.07, 6.45) is -3.17. The van der Waals surface area contributed by atoms with E-state index in [9.17, 15) is 13.2 Å². The molecule has 0 saturated heterocycles. The highest BCUT2D eigenvalue weighted by molar-refractivity contribution is 5.85. The van der Waals surface area contributed by atoms with Crippen LogP contribution in [-0.4, -0.2) is 4.98 Å². The largest absolute Gasteiger partial charge is 0.418 e. The average Bonchev–Trinajstić information content (AvgIpc) is 2.87. The number of benzene rings is 1. The lowest BCUT2D eigenvalue weighted by atomic mass is 10.1. The number of alkyl halides is 3. The average molecular weight is 240 g/mol. The minimum Gasteiger partial charge on any atom is -0.356 e. The highest BCUT2D eigenvalue weighted by Crippen LogP contribution is 2.49. The molecule has 2 aromatic rings. The molecule has 1 heterocycles. The second-order valence-corrected chi connectivity index (χ2v) is 4.57. The molecule has 0 aliphatic heterocycles. The Morgan fingerprint density at radius 2 is 1.82 bits per heavy atom. The zero-order valence-electron chi connectivity index (χ0n) is 8.93. The summed E-state index contributed by atoms with van der Waals surface area (Å²) < 4.78 is 39.3. The van der Waals surface area contributed by atoms with Crippen LogP contribution in [0.2, 0.25) is 0 Å². The van der Waals surface area contributed by atoms with Crippen molar-refractivity contribution in [3.05, 3.63) is 35.5 Å². The first kappa shape index (κ1) is 10.7. The second kappa shape index (κ2) is 3.04. The Morgan fingerprint density at radius 1 is 1.18 bits per heavy atom. The SMILES string of the molecule is NC1(c2[nH]c3ccccc3c2C(F)(F)F)CC1. The van der Waals surface area contributed by atoms with Gasteiger partial charge in [-0.25, -0.2) is 0 Å². The van der Waals surface area contributed by atoms with Crippen LogP contribution in [0.15, 0.2) is 24.3 Å². The quantitative estimate of drug-likeness (QED) is 0.790. The molecule has 5 heteroatoms. The molecule has 17 heavy (non-hydrogen) atoms. The molecule has 2 nitrogen and oxygen atoms in total. The first-order chi connectivity index (χ1) is 7.92. The van der Waals surface area contributed by atoms with Crippen LogP contribution in [0, 0.1) is 0 Å². The maximum absolute atomic E-state index is 13.1. The van der Waals surface area contributed by atoms with E-state index in [4.69, 9.17) is 5.73 Å². The van der Waals surface area contributed by atoms with Gasteiger partial charge in [-0.2, -0.15) is 13.2 Å². The number of nitrogens with two attached hydrogens (primary N) is 1. The molecule has 3 rings (SSSR count). The van der Waals surface area contributed by atoms with Crippen molar-refractivity contribution in [2.75, 3.05) is 0 Å². The number of rotatable bonds is 1. The highest BCUT2D eigenvalue weighted by Gasteiger charge is 2.49. The number of aromatic amines is 1. The van der Waals surface area contributed by atoms with Crippen LogP contribution in [0.4, 0.5) is 13.2 Å². The second-order valence-electron chi connectivity index (χ2n) is 4.57. The van der Waals surface area contributed by atoms with Gasteiger partial charge in [0.15, 0.2) is 0 Å². The van der Waals surface area contributed by atoms with Gasteiger partial charge in [-0.05, 0) is 18.9 Å². The molecule has 0 atom stereocenters. The van der Waals surface area contributed by atoms with Gasteiger partial charge < -0.3 is 10.7 Å². The lowest BCUT2D eigenvalue weighted by Crippen LogP contribution is -2.23. The van der Waals surface area contributed by atoms with Crippen LogP contribution in [0.3, 0.4) is 0 Å². The van der Waals surface area contributed by atoms with E-state index in [1.807, 2.05) is 0 Å². The third-order valence-corrected chi connectivity index (χ3v) is 3.28. The summed E-state index contributed by atoms with van der Waals surface area (Å²) >= 11 is 0. The summed E-state index contributed by atoms with van der Waals surface area (Å²) in [7, 11) is 0. The van der Waals surface area contributed by atoms with E-state index < -0.39 is 17.3 Å². The van der Waals surface area contributed by atoms with Crippen LogP contribution < -0.4 is 5.73 Å². The molecule has 0 unspecified atom stereocenters. The van der Waals surface area contributed by atoms with Crippen LogP contribution >= 0.6 is 0 Å². The molecule has 1 saturated carbocycles. The van der Waals surface area contributed by atoms with Gasteiger partial charge in [-0.1, -0.05) is 18.2 Å². The minimum atomic E-state index is -4.37. The molecule has 1 aliphatic carbocycles. The monoisotopic (exact) mass is 240 g/mol. The molecule has 0 radical (unpaired) electrons. The summed E-state index contributed by atoms with van der Waals surface area (Å²) in [4.78, 5) is 2.83. The predicted octanol–water partition coefficient (Wildman–Crippen LogP) is 3.13. The van der Waals surface area contributed by atoms with E-state index in [0.717, 1.165) is 0 Å². The maximum atomic E-state index is 13.1. The molecule has 0 spiro atoms. The topological polar surface area (TPSA) is 41.8 Å². The Labute approximate surface area is 95.6 Å². The summed E-state index contributed by atoms with van der Waals surface area (Å²) in [5, 5.41) is 0.201. The van der Waals surface area contributed by atoms with E-state index in [0.29, 0.717) is 18.4 Å². The molecule has 1 aromatic carbocycles. The van der Waals surface area contributed by atoms with E-state index in [2.05, 4.69) is 4.98 Å². The zero-order chi connectivity index (χ0) is 12.3. The van der Waals surface area contributed by atoms with E-state index in [1.54, 1.807) is 18.2 Å². The van der Waals surface area contributed by atoms with Crippen LogP contribution in [-0.2, 0) is 11.7 Å². The molecular formula is C12H11F3N2. The van der Waals surface area contributed by atoms with Gasteiger partial charge in [0.2, 0.25) is 0 Å². The van der Waals surface area contributed by atoms with Crippen molar-refractivity contribution in [2.24, 2.45) is 5.73 Å². The Morgan fingerprint density at radius 3 is 2.41 bits per heavy atom. The minimum absolute atomic E-state index is 0.131. The number of H-pyrrole nitrogens is 1. The first-order valence-corrected chi connectivity index (χ1v) is 5.39. The normalized spacial score (nSPS) is 18.6. The van der Waals surface area contributed by atoms with Gasteiger partial charge in [0.25, 0.3) is 0 Å². The summed E-state index contributed by atoms with van der Waals surface area (Å²) in [5.41, 5.74) is 5.10. The maximum Gasteiger partial charge on any atom is 0.418 e. The zero-order valence-corrected chi connectivity index (χ0v) is 8.93. The Hall–Kier alpha value is -1.49. The smallest absolute Gasteiger partial charge is 0.356 e. The Bertz CT molecular complexity index is 579. The van der Waals surface area contributed by atoms with Crippen LogP contribution in [0.25, 0.3) is 10.9 Å². The highest BCUT2D eigenvalue weighted by atomic mass is 19.4. The number of nitrogens with one attached hydrogen (secondary N) is 1. The number of aromatic nitrogens is 1. The fraction of sp³-hybridized carbons (Fsp3) is 0.333. The molecule has 3 N–H and O–H groups in total. The van der Waals surface area contributed by atoms with Crippen molar-refractivity contribution in [3.8, 4) is 0 Å². The lowest BCUT2D eigenvalue weighted by molar-refractivity contribution is -0.137. The molecule has 1 fully saturated rings. The van der Waals surface area contributed by atoms with Gasteiger partial charge in [-0.15, -0.1) is 0 Å². The molecule has 1 aliphatic rings. The number of halogens is 3. The van der Waals surface area contributed by atoms with E-state index >= 15 is 0 Å². The van der Waals surface area contributed by atoms with Crippen molar-refractivity contribution in [1.82, 2.24) is 4.98 Å². The molecule has 0 amide bonds. The Balaban J connectivity index is 2.34. The molecular weight excluding hydrogens is 229 g/mol. The van der Waals surface area contributed by atoms with Crippen molar-refractivity contribution in [2.45, 2.75) is 24.6 Å². The van der Waals surface area contributed by atoms with E-state index in [-0.39, 0.29) is 11.1 Å². The summed E-state index contributed by atoms with van der Waals surface area (Å²) in [6.45, 7) is 0. The number of para-hydroxylation sites is 1. The van der Waals surface area contributed by atoms with Gasteiger partial charge in [-0.3, -0.25) is 0 Å². The van der Waals surface area contributed by atoms with Crippen molar-refractivity contribution in [3.63, 3.8) is 0 Å². The van der Waals surface area contributed by atoms with Crippen LogP contribution in [0.5, 0.6) is 0 Å². The van der Waals surface area contributed by atoms with E-state index in [1.165, 1.54) is 6.07 Å². The molecule has 90 valence electrons. The Kier molecular flexibility index (Phi) is 1.91. The number of hydrogen-bond acceptors (Lipinski definition) is 1. The standard InChI is InChI=1S/C12H11F3N2/c13-12(14,15)9-7-3-1-2-4-8(7)17-10(9)11(16)5-6-11/h1-4,17H,5-6,16H2. The lowest BCUT2D eigenvalue weighted by Gasteiger charge is -2.13. The summed E-state index contributed by atoms with van der Waals surface area (Å²) in [6, 6.07) is 6.42. The fourth-order valence-electron chi connectivity index (χ4n) is 2.19. The van der Waals surface area contributed by atoms with Gasteiger partial charge in [0, 0.05) is 16.6 Å². The third-order valence-electron chi connectivity index (χ3n) is 3.28. The third kappa shape index (κ3) is 1.53.